The number of likely N-dealkylation sites (N-methyl/N-ethyl adjacent to an activating group) is 1. The van der Waals surface area contributed by atoms with Gasteiger partial charge in [0, 0.05) is 4.47 Å². The first-order valence-corrected chi connectivity index (χ1v) is 7.61. The minimum absolute atomic E-state index is 0.0226. The number of hydrogen-bond acceptors (Lipinski definition) is 2. The quantitative estimate of drug-likeness (QED) is 0.790. The first-order chi connectivity index (χ1) is 9.10. The van der Waals surface area contributed by atoms with Crippen molar-refractivity contribution in [1.29, 1.82) is 0 Å². The molecule has 19 heavy (non-hydrogen) atoms. The lowest BCUT2D eigenvalue weighted by Crippen LogP contribution is -2.22. The monoisotopic (exact) mass is 389 g/mol. The standard InChI is InChI=1S/C14H14Br2FNO/c1-2-18-12(13-5-6-14(16)19-13)8-9-7-10(17)3-4-11(9)15/h3-7,12,18H,2,8H2,1H3. The molecule has 1 aromatic carbocycles. The number of benzene rings is 1. The van der Waals surface area contributed by atoms with Gasteiger partial charge in [0.05, 0.1) is 6.04 Å². The molecule has 0 aliphatic carbocycles. The van der Waals surface area contributed by atoms with E-state index in [-0.39, 0.29) is 11.9 Å². The van der Waals surface area contributed by atoms with Gasteiger partial charge >= 0.3 is 0 Å². The van der Waals surface area contributed by atoms with E-state index in [1.54, 1.807) is 12.1 Å². The Morgan fingerprint density at radius 2 is 2.05 bits per heavy atom. The third-order valence-electron chi connectivity index (χ3n) is 2.82. The molecule has 0 spiro atoms. The number of nitrogens with one attached hydrogen (secondary N) is 1. The lowest BCUT2D eigenvalue weighted by molar-refractivity contribution is 0.404. The van der Waals surface area contributed by atoms with Gasteiger partial charge in [-0.3, -0.25) is 0 Å². The highest BCUT2D eigenvalue weighted by molar-refractivity contribution is 9.10. The van der Waals surface area contributed by atoms with Crippen molar-refractivity contribution in [3.63, 3.8) is 0 Å². The van der Waals surface area contributed by atoms with Crippen LogP contribution in [0.25, 0.3) is 0 Å². The molecular weight excluding hydrogens is 377 g/mol. The second-order valence-corrected chi connectivity index (χ2v) is 5.83. The topological polar surface area (TPSA) is 25.2 Å². The summed E-state index contributed by atoms with van der Waals surface area (Å²) in [6.07, 6.45) is 0.659. The molecule has 1 heterocycles. The molecule has 2 nitrogen and oxygen atoms in total. The van der Waals surface area contributed by atoms with Crippen molar-refractivity contribution in [2.24, 2.45) is 0 Å². The molecule has 0 saturated carbocycles. The summed E-state index contributed by atoms with van der Waals surface area (Å²) in [6.45, 7) is 2.85. The van der Waals surface area contributed by atoms with Gasteiger partial charge in [0.25, 0.3) is 0 Å². The largest absolute Gasteiger partial charge is 0.453 e. The molecule has 2 rings (SSSR count). The summed E-state index contributed by atoms with van der Waals surface area (Å²) in [6, 6.07) is 8.52. The van der Waals surface area contributed by atoms with E-state index in [9.17, 15) is 4.39 Å². The molecule has 0 fully saturated rings. The van der Waals surface area contributed by atoms with Crippen molar-refractivity contribution in [1.82, 2.24) is 5.32 Å². The molecule has 0 amide bonds. The van der Waals surface area contributed by atoms with Crippen LogP contribution in [-0.4, -0.2) is 6.54 Å². The van der Waals surface area contributed by atoms with Gasteiger partial charge in [-0.1, -0.05) is 22.9 Å². The molecule has 0 aliphatic rings. The first-order valence-electron chi connectivity index (χ1n) is 6.02. The molecule has 1 N–H and O–H groups in total. The van der Waals surface area contributed by atoms with Crippen LogP contribution in [0, 0.1) is 5.82 Å². The number of hydrogen-bond donors (Lipinski definition) is 1. The summed E-state index contributed by atoms with van der Waals surface area (Å²) >= 11 is 6.75. The molecule has 0 radical (unpaired) electrons. The van der Waals surface area contributed by atoms with Crippen molar-refractivity contribution in [2.45, 2.75) is 19.4 Å². The molecule has 5 heteroatoms. The summed E-state index contributed by atoms with van der Waals surface area (Å²) in [4.78, 5) is 0. The maximum Gasteiger partial charge on any atom is 0.169 e. The predicted molar refractivity (Wildman–Crippen MR) is 80.6 cm³/mol. The molecule has 1 aromatic heterocycles. The fourth-order valence-corrected chi connectivity index (χ4v) is 2.68. The third kappa shape index (κ3) is 3.91. The maximum atomic E-state index is 13.3. The van der Waals surface area contributed by atoms with Gasteiger partial charge < -0.3 is 9.73 Å². The zero-order chi connectivity index (χ0) is 13.8. The molecule has 1 unspecified atom stereocenters. The highest BCUT2D eigenvalue weighted by atomic mass is 79.9. The molecule has 0 aliphatic heterocycles. The highest BCUT2D eigenvalue weighted by Gasteiger charge is 2.16. The summed E-state index contributed by atoms with van der Waals surface area (Å²) < 4.78 is 20.5. The smallest absolute Gasteiger partial charge is 0.169 e. The second kappa shape index (κ2) is 6.68. The van der Waals surface area contributed by atoms with Crippen molar-refractivity contribution < 1.29 is 8.81 Å². The minimum Gasteiger partial charge on any atom is -0.453 e. The average molecular weight is 391 g/mol. The Labute approximate surface area is 128 Å². The summed E-state index contributed by atoms with van der Waals surface area (Å²) in [5, 5.41) is 3.35. The predicted octanol–water partition coefficient (Wildman–Crippen LogP) is 4.84. The lowest BCUT2D eigenvalue weighted by Gasteiger charge is -2.16. The van der Waals surface area contributed by atoms with E-state index in [1.165, 1.54) is 6.07 Å². The van der Waals surface area contributed by atoms with E-state index in [4.69, 9.17) is 4.42 Å². The zero-order valence-electron chi connectivity index (χ0n) is 10.4. The summed E-state index contributed by atoms with van der Waals surface area (Å²) in [7, 11) is 0. The normalized spacial score (nSPS) is 12.6. The van der Waals surface area contributed by atoms with E-state index >= 15 is 0 Å². The Morgan fingerprint density at radius 3 is 2.68 bits per heavy atom. The molecule has 102 valence electrons. The van der Waals surface area contributed by atoms with E-state index in [0.29, 0.717) is 11.1 Å². The van der Waals surface area contributed by atoms with Crippen molar-refractivity contribution in [3.8, 4) is 0 Å². The van der Waals surface area contributed by atoms with E-state index in [2.05, 4.69) is 37.2 Å². The first kappa shape index (κ1) is 14.8. The molecule has 0 bridgehead atoms. The van der Waals surface area contributed by atoms with Crippen LogP contribution in [0.3, 0.4) is 0 Å². The highest BCUT2D eigenvalue weighted by Crippen LogP contribution is 2.27. The van der Waals surface area contributed by atoms with Gasteiger partial charge in [-0.05, 0) is 64.8 Å². The third-order valence-corrected chi connectivity index (χ3v) is 4.02. The van der Waals surface area contributed by atoms with Crippen LogP contribution in [0.2, 0.25) is 0 Å². The van der Waals surface area contributed by atoms with Gasteiger partial charge in [-0.25, -0.2) is 4.39 Å². The van der Waals surface area contributed by atoms with Gasteiger partial charge in [0.1, 0.15) is 11.6 Å². The number of furan rings is 1. The molecule has 1 atom stereocenters. The Balaban J connectivity index is 2.23. The van der Waals surface area contributed by atoms with Crippen molar-refractivity contribution in [2.75, 3.05) is 6.54 Å². The fraction of sp³-hybridized carbons (Fsp3) is 0.286. The van der Waals surface area contributed by atoms with Crippen LogP contribution < -0.4 is 5.32 Å². The Bertz CT molecular complexity index is 556. The van der Waals surface area contributed by atoms with Crippen LogP contribution in [0.4, 0.5) is 4.39 Å². The maximum absolute atomic E-state index is 13.3. The summed E-state index contributed by atoms with van der Waals surface area (Å²) in [5.41, 5.74) is 0.915. The SMILES string of the molecule is CCNC(Cc1cc(F)ccc1Br)c1ccc(Br)o1. The van der Waals surface area contributed by atoms with Crippen LogP contribution in [0.5, 0.6) is 0 Å². The van der Waals surface area contributed by atoms with Gasteiger partial charge in [0.2, 0.25) is 0 Å². The van der Waals surface area contributed by atoms with Crippen molar-refractivity contribution in [3.05, 3.63) is 56.6 Å². The minimum atomic E-state index is -0.228. The van der Waals surface area contributed by atoms with Crippen LogP contribution in [0.1, 0.15) is 24.3 Å². The molecule has 2 aromatic rings. The van der Waals surface area contributed by atoms with Crippen LogP contribution in [0.15, 0.2) is 43.9 Å². The van der Waals surface area contributed by atoms with Gasteiger partial charge in [0.15, 0.2) is 4.67 Å². The molecule has 0 saturated heterocycles. The Hall–Kier alpha value is -0.650. The second-order valence-electron chi connectivity index (χ2n) is 4.19. The lowest BCUT2D eigenvalue weighted by atomic mass is 10.0. The Morgan fingerprint density at radius 1 is 1.26 bits per heavy atom. The van der Waals surface area contributed by atoms with Gasteiger partial charge in [-0.15, -0.1) is 0 Å². The van der Waals surface area contributed by atoms with Gasteiger partial charge in [-0.2, -0.15) is 0 Å². The number of halogens is 3. The van der Waals surface area contributed by atoms with E-state index in [1.807, 2.05) is 19.1 Å². The van der Waals surface area contributed by atoms with E-state index in [0.717, 1.165) is 22.3 Å². The fourth-order valence-electron chi connectivity index (χ4n) is 1.95. The van der Waals surface area contributed by atoms with Crippen LogP contribution in [-0.2, 0) is 6.42 Å². The van der Waals surface area contributed by atoms with E-state index < -0.39 is 0 Å². The summed E-state index contributed by atoms with van der Waals surface area (Å²) in [5.74, 6) is 0.610. The molecular formula is C14H14Br2FNO. The average Bonchev–Trinajstić information content (AvgIpc) is 2.80. The number of rotatable bonds is 5. The van der Waals surface area contributed by atoms with Crippen molar-refractivity contribution >= 4 is 31.9 Å². The van der Waals surface area contributed by atoms with Crippen LogP contribution >= 0.6 is 31.9 Å². The Kier molecular flexibility index (Phi) is 5.19. The zero-order valence-corrected chi connectivity index (χ0v) is 13.6.